The average molecular weight is 470 g/mol. The zero-order chi connectivity index (χ0) is 15.3. The van der Waals surface area contributed by atoms with E-state index in [1.807, 2.05) is 6.07 Å². The summed E-state index contributed by atoms with van der Waals surface area (Å²) in [4.78, 5) is 11.6. The number of rotatable bonds is 1. The van der Waals surface area contributed by atoms with Crippen LogP contribution >= 0.6 is 38.5 Å². The van der Waals surface area contributed by atoms with E-state index in [4.69, 9.17) is 4.99 Å². The molecule has 4 rings (SSSR count). The highest BCUT2D eigenvalue weighted by Gasteiger charge is 2.31. The molecule has 0 saturated carbocycles. The van der Waals surface area contributed by atoms with Crippen molar-refractivity contribution in [2.75, 3.05) is 13.1 Å². The van der Waals surface area contributed by atoms with Gasteiger partial charge in [-0.15, -0.1) is 0 Å². The van der Waals surface area contributed by atoms with Crippen molar-refractivity contribution in [2.45, 2.75) is 0 Å². The molecule has 0 spiro atoms. The molecule has 2 aromatic carbocycles. The second-order valence-corrected chi connectivity index (χ2v) is 7.16. The van der Waals surface area contributed by atoms with Crippen molar-refractivity contribution >= 4 is 55.9 Å². The number of amidine groups is 2. The van der Waals surface area contributed by atoms with E-state index in [1.165, 1.54) is 12.1 Å². The molecule has 2 aromatic rings. The third-order valence-electron chi connectivity index (χ3n) is 3.69. The van der Waals surface area contributed by atoms with Gasteiger partial charge in [-0.1, -0.05) is 15.9 Å². The second kappa shape index (κ2) is 5.42. The van der Waals surface area contributed by atoms with Gasteiger partial charge in [0, 0.05) is 25.7 Å². The first-order chi connectivity index (χ1) is 10.6. The van der Waals surface area contributed by atoms with Gasteiger partial charge in [-0.3, -0.25) is 4.99 Å². The molecule has 6 heteroatoms. The van der Waals surface area contributed by atoms with E-state index in [2.05, 4.69) is 54.5 Å². The highest BCUT2D eigenvalue weighted by Crippen LogP contribution is 2.36. The molecule has 0 bridgehead atoms. The number of halogens is 3. The summed E-state index contributed by atoms with van der Waals surface area (Å²) in [6.45, 7) is 1.55. The quantitative estimate of drug-likeness (QED) is 0.571. The SMILES string of the molecule is Fc1ccc(C2=Nc3c(I)cc(Br)cc3C3=NCCN23)cc1. The van der Waals surface area contributed by atoms with Crippen LogP contribution in [0.3, 0.4) is 0 Å². The first-order valence-corrected chi connectivity index (χ1v) is 8.67. The first kappa shape index (κ1) is 14.3. The van der Waals surface area contributed by atoms with Crippen LogP contribution in [0.1, 0.15) is 11.1 Å². The molecular weight excluding hydrogens is 460 g/mol. The van der Waals surface area contributed by atoms with Crippen molar-refractivity contribution < 1.29 is 4.39 Å². The highest BCUT2D eigenvalue weighted by atomic mass is 127. The van der Waals surface area contributed by atoms with Crippen LogP contribution in [-0.4, -0.2) is 29.7 Å². The monoisotopic (exact) mass is 469 g/mol. The Morgan fingerprint density at radius 1 is 1.14 bits per heavy atom. The molecular formula is C16H10BrFIN3. The molecule has 0 saturated heterocycles. The Balaban J connectivity index is 1.94. The molecule has 2 heterocycles. The van der Waals surface area contributed by atoms with Crippen LogP contribution in [0, 0.1) is 9.39 Å². The topological polar surface area (TPSA) is 28.0 Å². The van der Waals surface area contributed by atoms with E-state index in [0.717, 1.165) is 49.6 Å². The lowest BCUT2D eigenvalue weighted by Crippen LogP contribution is -2.38. The summed E-state index contributed by atoms with van der Waals surface area (Å²) in [5, 5.41) is 0. The third-order valence-corrected chi connectivity index (χ3v) is 4.97. The lowest BCUT2D eigenvalue weighted by atomic mass is 10.1. The zero-order valence-corrected chi connectivity index (χ0v) is 15.1. The van der Waals surface area contributed by atoms with E-state index >= 15 is 0 Å². The van der Waals surface area contributed by atoms with E-state index in [-0.39, 0.29) is 5.82 Å². The van der Waals surface area contributed by atoms with Crippen LogP contribution in [0.5, 0.6) is 0 Å². The molecule has 0 amide bonds. The summed E-state index contributed by atoms with van der Waals surface area (Å²) in [7, 11) is 0. The van der Waals surface area contributed by atoms with Gasteiger partial charge in [0.2, 0.25) is 0 Å². The number of hydrogen-bond acceptors (Lipinski definition) is 3. The van der Waals surface area contributed by atoms with E-state index < -0.39 is 0 Å². The van der Waals surface area contributed by atoms with Crippen LogP contribution in [0.4, 0.5) is 10.1 Å². The summed E-state index contributed by atoms with van der Waals surface area (Å²) >= 11 is 5.82. The Kier molecular flexibility index (Phi) is 3.53. The predicted molar refractivity (Wildman–Crippen MR) is 97.6 cm³/mol. The molecule has 0 fully saturated rings. The molecule has 0 aliphatic carbocycles. The molecule has 0 radical (unpaired) electrons. The number of benzene rings is 2. The molecule has 0 aromatic heterocycles. The Hall–Kier alpha value is -1.28. The van der Waals surface area contributed by atoms with Gasteiger partial charge in [-0.25, -0.2) is 9.38 Å². The standard InChI is InChI=1S/C16H10BrFIN3/c17-10-7-12-14(13(19)8-10)21-15(22-6-5-20-16(12)22)9-1-3-11(18)4-2-9/h1-4,7-8H,5-6H2. The van der Waals surface area contributed by atoms with Gasteiger partial charge in [0.1, 0.15) is 17.5 Å². The third kappa shape index (κ3) is 2.28. The Bertz CT molecular complexity index is 830. The fraction of sp³-hybridized carbons (Fsp3) is 0.125. The predicted octanol–water partition coefficient (Wildman–Crippen LogP) is 4.35. The fourth-order valence-electron chi connectivity index (χ4n) is 2.72. The maximum Gasteiger partial charge on any atom is 0.142 e. The highest BCUT2D eigenvalue weighted by molar-refractivity contribution is 14.1. The molecule has 2 aliphatic heterocycles. The van der Waals surface area contributed by atoms with Crippen LogP contribution in [0.25, 0.3) is 0 Å². The van der Waals surface area contributed by atoms with E-state index in [1.54, 1.807) is 12.1 Å². The Morgan fingerprint density at radius 2 is 1.91 bits per heavy atom. The van der Waals surface area contributed by atoms with Gasteiger partial charge in [0.15, 0.2) is 0 Å². The van der Waals surface area contributed by atoms with Gasteiger partial charge in [0.25, 0.3) is 0 Å². The number of aliphatic imine (C=N–C) groups is 2. The number of fused-ring (bicyclic) bond motifs is 3. The van der Waals surface area contributed by atoms with E-state index in [0.29, 0.717) is 0 Å². The van der Waals surface area contributed by atoms with E-state index in [9.17, 15) is 4.39 Å². The maximum absolute atomic E-state index is 13.2. The van der Waals surface area contributed by atoms with Crippen LogP contribution in [-0.2, 0) is 0 Å². The summed E-state index contributed by atoms with van der Waals surface area (Å²) in [5.74, 6) is 1.54. The van der Waals surface area contributed by atoms with Gasteiger partial charge < -0.3 is 4.90 Å². The van der Waals surface area contributed by atoms with Crippen molar-refractivity contribution in [1.29, 1.82) is 0 Å². The van der Waals surface area contributed by atoms with Crippen molar-refractivity contribution in [1.82, 2.24) is 4.90 Å². The maximum atomic E-state index is 13.2. The summed E-state index contributed by atoms with van der Waals surface area (Å²) in [5.41, 5.74) is 2.88. The van der Waals surface area contributed by atoms with Gasteiger partial charge in [-0.05, 0) is 59.0 Å². The molecule has 3 nitrogen and oxygen atoms in total. The lowest BCUT2D eigenvalue weighted by Gasteiger charge is -2.28. The summed E-state index contributed by atoms with van der Waals surface area (Å²) in [6.07, 6.45) is 0. The summed E-state index contributed by atoms with van der Waals surface area (Å²) < 4.78 is 15.3. The van der Waals surface area contributed by atoms with Crippen molar-refractivity contribution in [3.63, 3.8) is 0 Å². The lowest BCUT2D eigenvalue weighted by molar-refractivity contribution is 0.627. The minimum absolute atomic E-state index is 0.241. The Labute approximate surface area is 149 Å². The fourth-order valence-corrected chi connectivity index (χ4v) is 4.35. The minimum atomic E-state index is -0.241. The van der Waals surface area contributed by atoms with Gasteiger partial charge in [0.05, 0.1) is 12.2 Å². The van der Waals surface area contributed by atoms with Crippen LogP contribution in [0.15, 0.2) is 50.9 Å². The molecule has 22 heavy (non-hydrogen) atoms. The molecule has 2 aliphatic rings. The summed E-state index contributed by atoms with van der Waals surface area (Å²) in [6, 6.07) is 10.6. The number of hydrogen-bond donors (Lipinski definition) is 0. The second-order valence-electron chi connectivity index (χ2n) is 5.08. The average Bonchev–Trinajstić information content (AvgIpc) is 2.97. The van der Waals surface area contributed by atoms with Gasteiger partial charge in [-0.2, -0.15) is 0 Å². The van der Waals surface area contributed by atoms with Crippen molar-refractivity contribution in [2.24, 2.45) is 9.98 Å². The zero-order valence-electron chi connectivity index (χ0n) is 11.4. The normalized spacial score (nSPS) is 16.0. The van der Waals surface area contributed by atoms with Crippen molar-refractivity contribution in [3.8, 4) is 0 Å². The molecule has 110 valence electrons. The Morgan fingerprint density at radius 3 is 2.68 bits per heavy atom. The van der Waals surface area contributed by atoms with Crippen LogP contribution < -0.4 is 0 Å². The molecule has 0 N–H and O–H groups in total. The number of nitrogens with zero attached hydrogens (tertiary/aromatic N) is 3. The molecule has 0 atom stereocenters. The molecule has 0 unspecified atom stereocenters. The van der Waals surface area contributed by atoms with Crippen molar-refractivity contribution in [3.05, 3.63) is 61.4 Å². The van der Waals surface area contributed by atoms with Crippen LogP contribution in [0.2, 0.25) is 0 Å². The minimum Gasteiger partial charge on any atom is -0.308 e. The largest absolute Gasteiger partial charge is 0.308 e. The van der Waals surface area contributed by atoms with Gasteiger partial charge >= 0.3 is 0 Å². The smallest absolute Gasteiger partial charge is 0.142 e. The first-order valence-electron chi connectivity index (χ1n) is 6.79.